The van der Waals surface area contributed by atoms with Crippen LogP contribution in [0.25, 0.3) is 0 Å². The maximum Gasteiger partial charge on any atom is 0.245 e. The van der Waals surface area contributed by atoms with Gasteiger partial charge in [-0.1, -0.05) is 27.7 Å². The second-order valence-electron chi connectivity index (χ2n) is 18.7. The van der Waals surface area contributed by atoms with E-state index in [1.807, 2.05) is 0 Å². The lowest BCUT2D eigenvalue weighted by molar-refractivity contribution is -0.136. The van der Waals surface area contributed by atoms with Gasteiger partial charge in [-0.05, 0) is 110 Å². The number of hydrogen-bond donors (Lipinski definition) is 18. The molecule has 4 unspecified atom stereocenters. The van der Waals surface area contributed by atoms with E-state index in [0.29, 0.717) is 0 Å². The van der Waals surface area contributed by atoms with E-state index < -0.39 is 145 Å². The maximum absolute atomic E-state index is 14.3. The van der Waals surface area contributed by atoms with Crippen LogP contribution in [0.4, 0.5) is 0 Å². The molecule has 0 saturated carbocycles. The van der Waals surface area contributed by atoms with E-state index in [9.17, 15) is 58.2 Å². The summed E-state index contributed by atoms with van der Waals surface area (Å²) in [6.45, 7) is 8.59. The molecule has 0 spiro atoms. The average Bonchev–Trinajstić information content (AvgIpc) is 3.29. The predicted octanol–water partition coefficient (Wildman–Crippen LogP) is -8.21. The smallest absolute Gasteiger partial charge is 0.245 e. The van der Waals surface area contributed by atoms with Gasteiger partial charge in [0.05, 0.1) is 18.2 Å². The molecule has 0 aromatic carbocycles. The van der Waals surface area contributed by atoms with Crippen molar-refractivity contribution in [2.24, 2.45) is 46.2 Å². The standard InChI is InChI=1S/C44H84N16O12/c1-21(2)19-31-41(69)54-26(8-14-46)36(64)53-29(11-17-49)40(68)60-33(23(5)61)43(71)51-18-12-30(39(67)52-27(9-15-47)38(66)57-32(20-22(3)4)42(70)58-31)55-37(65)28(10-16-48)56-44(72)34(24(6)62)59-35(63)25(50)7-13-45/h21-34,61-62H,7-20,45-50H2,1-6H3,(H,51,71)(H,52,67)(H,53,64)(H,54,69)(H,55,65)(H,56,72)(H,57,66)(H,58,70)(H,59,63)(H,60,68)/t23-,24-,25+,26?,27+,28+,29+,30?,31?,32?,33+,34+/m1/s1. The molecule has 12 atom stereocenters. The summed E-state index contributed by atoms with van der Waals surface area (Å²) in [5.74, 6) is -9.40. The minimum Gasteiger partial charge on any atom is -0.391 e. The number of amides is 10. The number of nitrogens with one attached hydrogen (secondary N) is 10. The molecule has 1 aliphatic heterocycles. The zero-order valence-corrected chi connectivity index (χ0v) is 42.4. The summed E-state index contributed by atoms with van der Waals surface area (Å²) < 4.78 is 0. The van der Waals surface area contributed by atoms with Gasteiger partial charge in [0.2, 0.25) is 59.1 Å². The Morgan fingerprint density at radius 2 is 0.958 bits per heavy atom. The van der Waals surface area contributed by atoms with Crippen molar-refractivity contribution in [3.8, 4) is 0 Å². The largest absolute Gasteiger partial charge is 0.391 e. The summed E-state index contributed by atoms with van der Waals surface area (Å²) >= 11 is 0. The van der Waals surface area contributed by atoms with Crippen LogP contribution in [-0.2, 0) is 47.9 Å². The van der Waals surface area contributed by atoms with Crippen LogP contribution in [0.2, 0.25) is 0 Å². The van der Waals surface area contributed by atoms with Crippen molar-refractivity contribution in [1.29, 1.82) is 0 Å². The van der Waals surface area contributed by atoms with Crippen LogP contribution in [0, 0.1) is 11.8 Å². The highest BCUT2D eigenvalue weighted by molar-refractivity contribution is 5.99. The summed E-state index contributed by atoms with van der Waals surface area (Å²) in [4.78, 5) is 137. The third-order valence-electron chi connectivity index (χ3n) is 11.3. The van der Waals surface area contributed by atoms with Crippen LogP contribution in [0.3, 0.4) is 0 Å². The summed E-state index contributed by atoms with van der Waals surface area (Å²) in [6.07, 6.45) is -3.96. The second kappa shape index (κ2) is 33.2. The quantitative estimate of drug-likeness (QED) is 0.0479. The van der Waals surface area contributed by atoms with Gasteiger partial charge < -0.3 is 97.8 Å². The molecule has 0 aromatic heterocycles. The first-order chi connectivity index (χ1) is 33.8. The molecule has 1 aliphatic rings. The topological polar surface area (TPSA) is 488 Å². The number of carbonyl (C=O) groups excluding carboxylic acids is 10. The van der Waals surface area contributed by atoms with Gasteiger partial charge in [-0.15, -0.1) is 0 Å². The van der Waals surface area contributed by atoms with Crippen LogP contribution in [0.15, 0.2) is 0 Å². The van der Waals surface area contributed by atoms with Gasteiger partial charge in [0.1, 0.15) is 54.4 Å². The minimum absolute atomic E-state index is 0.0514. The lowest BCUT2D eigenvalue weighted by Gasteiger charge is -2.29. The SMILES string of the molecule is CC(C)CC1NC(=O)C(CC(C)C)NC(=O)[C@H](CCN)NC(=O)C(NC(=O)[C@H](CCN)NC(=O)[C@@H](NC(=O)[C@@H](N)CCN)[C@@H](C)O)CCNC(=O)[C@H]([C@@H](C)O)NC(=O)[C@H](CCN)NC(=O)C(CCN)NC1=O. The zero-order valence-electron chi connectivity index (χ0n) is 42.4. The molecule has 0 aromatic rings. The lowest BCUT2D eigenvalue weighted by Crippen LogP contribution is -2.61. The van der Waals surface area contributed by atoms with Crippen molar-refractivity contribution in [2.75, 3.05) is 39.3 Å². The van der Waals surface area contributed by atoms with E-state index in [0.717, 1.165) is 0 Å². The molecule has 1 saturated heterocycles. The Labute approximate surface area is 420 Å². The normalized spacial score (nSPS) is 24.7. The van der Waals surface area contributed by atoms with Gasteiger partial charge in [-0.2, -0.15) is 0 Å². The number of aliphatic hydroxyl groups excluding tert-OH is 2. The molecule has 28 nitrogen and oxygen atoms in total. The molecule has 28 heteroatoms. The molecule has 24 N–H and O–H groups in total. The Bertz CT molecular complexity index is 1810. The van der Waals surface area contributed by atoms with Crippen LogP contribution >= 0.6 is 0 Å². The van der Waals surface area contributed by atoms with Gasteiger partial charge in [0, 0.05) is 6.54 Å². The fourth-order valence-electron chi connectivity index (χ4n) is 7.40. The number of rotatable bonds is 22. The molecule has 72 heavy (non-hydrogen) atoms. The van der Waals surface area contributed by atoms with Crippen molar-refractivity contribution in [2.45, 2.75) is 166 Å². The molecule has 0 radical (unpaired) electrons. The fraction of sp³-hybridized carbons (Fsp3) is 0.773. The number of hydrogen-bond acceptors (Lipinski definition) is 18. The van der Waals surface area contributed by atoms with Gasteiger partial charge in [0.15, 0.2) is 0 Å². The van der Waals surface area contributed by atoms with Gasteiger partial charge >= 0.3 is 0 Å². The van der Waals surface area contributed by atoms with Crippen molar-refractivity contribution in [1.82, 2.24) is 53.2 Å². The molecule has 0 aliphatic carbocycles. The predicted molar refractivity (Wildman–Crippen MR) is 264 cm³/mol. The molecule has 1 heterocycles. The van der Waals surface area contributed by atoms with Gasteiger partial charge in [0.25, 0.3) is 0 Å². The molecule has 10 amide bonds. The number of carbonyl (C=O) groups is 10. The molecule has 1 rings (SSSR count). The van der Waals surface area contributed by atoms with Crippen LogP contribution in [-0.4, -0.2) is 181 Å². The van der Waals surface area contributed by atoms with Crippen molar-refractivity contribution in [3.63, 3.8) is 0 Å². The van der Waals surface area contributed by atoms with Crippen molar-refractivity contribution < 1.29 is 58.2 Å². The number of nitrogens with two attached hydrogens (primary N) is 6. The summed E-state index contributed by atoms with van der Waals surface area (Å²) in [6, 6.07) is -14.2. The molecular formula is C44H84N16O12. The third kappa shape index (κ3) is 22.4. The minimum atomic E-state index is -1.66. The Balaban J connectivity index is 3.90. The lowest BCUT2D eigenvalue weighted by atomic mass is 9.99. The highest BCUT2D eigenvalue weighted by atomic mass is 16.3. The average molecular weight is 1030 g/mol. The van der Waals surface area contributed by atoms with E-state index in [2.05, 4.69) is 53.2 Å². The Morgan fingerprint density at radius 1 is 0.542 bits per heavy atom. The number of aliphatic hydroxyl groups is 2. The summed E-state index contributed by atoms with van der Waals surface area (Å²) in [5, 5.41) is 46.2. The van der Waals surface area contributed by atoms with E-state index in [1.165, 1.54) is 13.8 Å². The Hall–Kier alpha value is -5.62. The molecule has 412 valence electrons. The Morgan fingerprint density at radius 3 is 1.36 bits per heavy atom. The monoisotopic (exact) mass is 1030 g/mol. The highest BCUT2D eigenvalue weighted by Crippen LogP contribution is 2.12. The van der Waals surface area contributed by atoms with Crippen LogP contribution in [0.1, 0.15) is 92.9 Å². The maximum atomic E-state index is 14.3. The molecular weight excluding hydrogens is 945 g/mol. The van der Waals surface area contributed by atoms with E-state index >= 15 is 0 Å². The van der Waals surface area contributed by atoms with E-state index in [4.69, 9.17) is 34.4 Å². The second-order valence-corrected chi connectivity index (χ2v) is 18.7. The Kier molecular flexibility index (Phi) is 29.7. The molecule has 0 bridgehead atoms. The van der Waals surface area contributed by atoms with Crippen molar-refractivity contribution >= 4 is 59.1 Å². The third-order valence-corrected chi connectivity index (χ3v) is 11.3. The first-order valence-corrected chi connectivity index (χ1v) is 24.5. The fourth-order valence-corrected chi connectivity index (χ4v) is 7.40. The highest BCUT2D eigenvalue weighted by Gasteiger charge is 2.37. The first kappa shape index (κ1) is 64.4. The van der Waals surface area contributed by atoms with Gasteiger partial charge in [-0.25, -0.2) is 0 Å². The van der Waals surface area contributed by atoms with E-state index in [1.54, 1.807) is 27.7 Å². The van der Waals surface area contributed by atoms with Gasteiger partial charge in [-0.3, -0.25) is 47.9 Å². The molecule has 1 fully saturated rings. The summed E-state index contributed by atoms with van der Waals surface area (Å²) in [7, 11) is 0. The van der Waals surface area contributed by atoms with Crippen LogP contribution in [0.5, 0.6) is 0 Å². The van der Waals surface area contributed by atoms with E-state index in [-0.39, 0.29) is 89.5 Å². The zero-order chi connectivity index (χ0) is 54.8. The van der Waals surface area contributed by atoms with Crippen LogP contribution < -0.4 is 87.6 Å². The summed E-state index contributed by atoms with van der Waals surface area (Å²) in [5.41, 5.74) is 34.6. The first-order valence-electron chi connectivity index (χ1n) is 24.5. The van der Waals surface area contributed by atoms with Crippen molar-refractivity contribution in [3.05, 3.63) is 0 Å².